The molecule has 1 fully saturated rings. The average Bonchev–Trinajstić information content (AvgIpc) is 2.06. The molecule has 1 rings (SSSR count). The predicted molar refractivity (Wildman–Crippen MR) is 53.8 cm³/mol. The molecule has 0 aromatic heterocycles. The summed E-state index contributed by atoms with van der Waals surface area (Å²) in [5.74, 6) is -0.820. The van der Waals surface area contributed by atoms with E-state index in [4.69, 9.17) is 0 Å². The van der Waals surface area contributed by atoms with Crippen molar-refractivity contribution in [1.82, 2.24) is 4.90 Å². The molecule has 0 N–H and O–H groups in total. The Morgan fingerprint density at radius 1 is 1.53 bits per heavy atom. The van der Waals surface area contributed by atoms with Crippen molar-refractivity contribution in [2.75, 3.05) is 6.54 Å². The van der Waals surface area contributed by atoms with E-state index in [0.717, 1.165) is 12.8 Å². The minimum atomic E-state index is -4.41. The molecule has 0 spiro atoms. The lowest BCUT2D eigenvalue weighted by molar-refractivity contribution is -0.163. The second-order valence-electron chi connectivity index (χ2n) is 3.78. The van der Waals surface area contributed by atoms with E-state index in [9.17, 15) is 18.0 Å². The highest BCUT2D eigenvalue weighted by molar-refractivity contribution is 9.09. The van der Waals surface area contributed by atoms with Crippen LogP contribution in [-0.4, -0.2) is 34.4 Å². The molecule has 0 radical (unpaired) electrons. The maximum atomic E-state index is 12.0. The van der Waals surface area contributed by atoms with Gasteiger partial charge in [0.15, 0.2) is 0 Å². The summed E-state index contributed by atoms with van der Waals surface area (Å²) in [6, 6.07) is -0.159. The van der Waals surface area contributed by atoms with Gasteiger partial charge in [0.25, 0.3) is 0 Å². The van der Waals surface area contributed by atoms with E-state index in [1.54, 1.807) is 6.92 Å². The fourth-order valence-corrected chi connectivity index (χ4v) is 2.33. The van der Waals surface area contributed by atoms with Gasteiger partial charge in [0.2, 0.25) is 5.91 Å². The number of halogens is 4. The van der Waals surface area contributed by atoms with Gasteiger partial charge in [-0.05, 0) is 19.8 Å². The Morgan fingerprint density at radius 2 is 2.13 bits per heavy atom. The second-order valence-corrected chi connectivity index (χ2v) is 4.95. The van der Waals surface area contributed by atoms with Gasteiger partial charge in [-0.3, -0.25) is 4.79 Å². The maximum absolute atomic E-state index is 12.0. The first-order valence-electron chi connectivity index (χ1n) is 4.81. The van der Waals surface area contributed by atoms with Crippen molar-refractivity contribution in [2.24, 2.45) is 0 Å². The van der Waals surface area contributed by atoms with Crippen LogP contribution in [0.2, 0.25) is 0 Å². The molecule has 0 aromatic carbocycles. The smallest absolute Gasteiger partial charge is 0.339 e. The highest BCUT2D eigenvalue weighted by atomic mass is 79.9. The normalized spacial score (nSPS) is 27.9. The van der Waals surface area contributed by atoms with Crippen LogP contribution in [0.15, 0.2) is 0 Å². The summed E-state index contributed by atoms with van der Waals surface area (Å²) in [6.07, 6.45) is -4.10. The van der Waals surface area contributed by atoms with Crippen molar-refractivity contribution < 1.29 is 18.0 Å². The van der Waals surface area contributed by atoms with Crippen molar-refractivity contribution in [3.8, 4) is 0 Å². The molecule has 1 heterocycles. The molecule has 1 aliphatic heterocycles. The summed E-state index contributed by atoms with van der Waals surface area (Å²) in [6.45, 7) is 2.20. The molecular weight excluding hydrogens is 275 g/mol. The van der Waals surface area contributed by atoms with Crippen LogP contribution >= 0.6 is 15.9 Å². The second kappa shape index (κ2) is 4.72. The zero-order valence-corrected chi connectivity index (χ0v) is 9.94. The Bertz CT molecular complexity index is 244. The molecule has 2 unspecified atom stereocenters. The van der Waals surface area contributed by atoms with Crippen molar-refractivity contribution in [2.45, 2.75) is 43.2 Å². The first-order chi connectivity index (χ1) is 6.81. The van der Waals surface area contributed by atoms with E-state index in [1.165, 1.54) is 4.90 Å². The highest BCUT2D eigenvalue weighted by Gasteiger charge is 2.37. The summed E-state index contributed by atoms with van der Waals surface area (Å²) in [5.41, 5.74) is 0. The number of hydrogen-bond acceptors (Lipinski definition) is 1. The van der Waals surface area contributed by atoms with Gasteiger partial charge in [-0.15, -0.1) is 0 Å². The quantitative estimate of drug-likeness (QED) is 0.679. The number of piperidine rings is 1. The number of alkyl halides is 4. The number of likely N-dealkylation sites (tertiary alicyclic amines) is 1. The third kappa shape index (κ3) is 3.66. The van der Waals surface area contributed by atoms with Crippen molar-refractivity contribution in [1.29, 1.82) is 0 Å². The Labute approximate surface area is 94.9 Å². The Morgan fingerprint density at radius 3 is 2.67 bits per heavy atom. The molecule has 1 saturated heterocycles. The van der Waals surface area contributed by atoms with Crippen LogP contribution in [0.25, 0.3) is 0 Å². The van der Waals surface area contributed by atoms with E-state index >= 15 is 0 Å². The van der Waals surface area contributed by atoms with Gasteiger partial charge in [0.05, 0.1) is 0 Å². The molecule has 6 heteroatoms. The summed E-state index contributed by atoms with van der Waals surface area (Å²) in [4.78, 5) is 12.8. The molecule has 0 bridgehead atoms. The lowest BCUT2D eigenvalue weighted by Gasteiger charge is -2.37. The fourth-order valence-electron chi connectivity index (χ4n) is 1.72. The molecule has 2 atom stereocenters. The van der Waals surface area contributed by atoms with Gasteiger partial charge in [-0.25, -0.2) is 0 Å². The zero-order valence-electron chi connectivity index (χ0n) is 8.35. The first-order valence-corrected chi connectivity index (χ1v) is 5.73. The number of carbonyl (C=O) groups is 1. The van der Waals surface area contributed by atoms with E-state index in [0.29, 0.717) is 6.54 Å². The molecule has 0 aliphatic carbocycles. The molecule has 1 amide bonds. The number of nitrogens with zero attached hydrogens (tertiary/aromatic N) is 1. The van der Waals surface area contributed by atoms with Gasteiger partial charge in [0.1, 0.15) is 6.42 Å². The Kier molecular flexibility index (Phi) is 4.03. The average molecular weight is 288 g/mol. The van der Waals surface area contributed by atoms with Crippen LogP contribution < -0.4 is 0 Å². The summed E-state index contributed by atoms with van der Waals surface area (Å²) >= 11 is 3.37. The first kappa shape index (κ1) is 12.8. The highest BCUT2D eigenvalue weighted by Crippen LogP contribution is 2.27. The van der Waals surface area contributed by atoms with E-state index in [1.807, 2.05) is 0 Å². The molecule has 88 valence electrons. The Hall–Kier alpha value is -0.260. The molecule has 0 aromatic rings. The molecule has 2 nitrogen and oxygen atoms in total. The fraction of sp³-hybridized carbons (Fsp3) is 0.889. The van der Waals surface area contributed by atoms with E-state index < -0.39 is 18.5 Å². The summed E-state index contributed by atoms with van der Waals surface area (Å²) in [5, 5.41) is 0. The van der Waals surface area contributed by atoms with Crippen molar-refractivity contribution in [3.05, 3.63) is 0 Å². The lowest BCUT2D eigenvalue weighted by atomic mass is 10.0. The van der Waals surface area contributed by atoms with Gasteiger partial charge < -0.3 is 4.90 Å². The summed E-state index contributed by atoms with van der Waals surface area (Å²) < 4.78 is 36.1. The maximum Gasteiger partial charge on any atom is 0.397 e. The molecule has 0 saturated carbocycles. The largest absolute Gasteiger partial charge is 0.397 e. The lowest BCUT2D eigenvalue weighted by Crippen LogP contribution is -2.48. The summed E-state index contributed by atoms with van der Waals surface area (Å²) in [7, 11) is 0. The Balaban J connectivity index is 2.59. The molecule has 15 heavy (non-hydrogen) atoms. The third-order valence-corrected chi connectivity index (χ3v) is 3.79. The molecular formula is C9H13BrF3NO. The van der Waals surface area contributed by atoms with Crippen LogP contribution in [0.3, 0.4) is 0 Å². The van der Waals surface area contributed by atoms with Crippen molar-refractivity contribution in [3.63, 3.8) is 0 Å². The van der Waals surface area contributed by atoms with Crippen molar-refractivity contribution >= 4 is 21.8 Å². The standard InChI is InChI=1S/C9H13BrF3NO/c1-6-7(10)3-2-4-14(6)8(15)5-9(11,12)13/h6-7H,2-5H2,1H3. The van der Waals surface area contributed by atoms with Gasteiger partial charge in [-0.1, -0.05) is 15.9 Å². The predicted octanol–water partition coefficient (Wildman–Crippen LogP) is 2.71. The topological polar surface area (TPSA) is 20.3 Å². The van der Waals surface area contributed by atoms with E-state index in [2.05, 4.69) is 15.9 Å². The number of carbonyl (C=O) groups excluding carboxylic acids is 1. The van der Waals surface area contributed by atoms with Gasteiger partial charge in [-0.2, -0.15) is 13.2 Å². The minimum Gasteiger partial charge on any atom is -0.339 e. The van der Waals surface area contributed by atoms with Crippen LogP contribution in [0.5, 0.6) is 0 Å². The third-order valence-electron chi connectivity index (χ3n) is 2.57. The zero-order chi connectivity index (χ0) is 11.6. The number of hydrogen-bond donors (Lipinski definition) is 0. The van der Waals surface area contributed by atoms with Gasteiger partial charge in [0, 0.05) is 17.4 Å². The van der Waals surface area contributed by atoms with Crippen LogP contribution in [0.1, 0.15) is 26.2 Å². The molecule has 1 aliphatic rings. The number of rotatable bonds is 1. The van der Waals surface area contributed by atoms with Gasteiger partial charge >= 0.3 is 6.18 Å². The SMILES string of the molecule is CC1C(Br)CCCN1C(=O)CC(F)(F)F. The van der Waals surface area contributed by atoms with Crippen LogP contribution in [0, 0.1) is 0 Å². The minimum absolute atomic E-state index is 0.100. The monoisotopic (exact) mass is 287 g/mol. The van der Waals surface area contributed by atoms with Crippen LogP contribution in [-0.2, 0) is 4.79 Å². The number of amides is 1. The van der Waals surface area contributed by atoms with Crippen LogP contribution in [0.4, 0.5) is 13.2 Å². The van der Waals surface area contributed by atoms with E-state index in [-0.39, 0.29) is 10.9 Å².